The van der Waals surface area contributed by atoms with Crippen molar-refractivity contribution in [3.05, 3.63) is 35.0 Å². The van der Waals surface area contributed by atoms with Gasteiger partial charge in [-0.3, -0.25) is 0 Å². The Balaban J connectivity index is 0.00000196. The van der Waals surface area contributed by atoms with Crippen molar-refractivity contribution in [2.75, 3.05) is 5.75 Å². The van der Waals surface area contributed by atoms with E-state index in [0.29, 0.717) is 5.17 Å². The minimum absolute atomic E-state index is 0. The molecule has 0 atom stereocenters. The first kappa shape index (κ1) is 14.2. The maximum atomic E-state index is 5.55. The van der Waals surface area contributed by atoms with Crippen molar-refractivity contribution in [3.8, 4) is 0 Å². The highest BCUT2D eigenvalue weighted by Crippen LogP contribution is 2.03. The number of hydrogen-bond donors (Lipinski definition) is 1. The van der Waals surface area contributed by atoms with Gasteiger partial charge in [-0.1, -0.05) is 17.8 Å². The molecule has 0 saturated carbocycles. The highest BCUT2D eigenvalue weighted by atomic mass is 35.5. The minimum atomic E-state index is 0. The summed E-state index contributed by atoms with van der Waals surface area (Å²) in [5.41, 5.74) is 6.60. The molecule has 0 fully saturated rings. The van der Waals surface area contributed by atoms with Gasteiger partial charge in [0, 0.05) is 11.3 Å². The second-order valence-electron chi connectivity index (χ2n) is 2.34. The molecule has 0 aliphatic heterocycles. The van der Waals surface area contributed by atoms with Crippen LogP contribution in [0.3, 0.4) is 0 Å². The first-order chi connectivity index (χ1) is 6.83. The Hall–Kier alpha value is -0.780. The molecule has 0 radical (unpaired) electrons. The Morgan fingerprint density at radius 1 is 1.67 bits per heavy atom. The number of thioether (sulfide) groups is 1. The lowest BCUT2D eigenvalue weighted by Gasteiger charge is -1.91. The first-order valence-corrected chi connectivity index (χ1v) is 5.88. The lowest BCUT2D eigenvalue weighted by molar-refractivity contribution is 1.25. The van der Waals surface area contributed by atoms with Crippen molar-refractivity contribution >= 4 is 46.9 Å². The van der Waals surface area contributed by atoms with Crippen molar-refractivity contribution in [1.29, 1.82) is 0 Å². The molecule has 82 valence electrons. The fraction of sp³-hybridized carbons (Fsp3) is 0.111. The maximum absolute atomic E-state index is 5.55. The van der Waals surface area contributed by atoms with E-state index < -0.39 is 0 Å². The van der Waals surface area contributed by atoms with E-state index in [2.05, 4.69) is 16.8 Å². The number of hydrogen-bond acceptors (Lipinski definition) is 4. The fourth-order valence-corrected chi connectivity index (χ4v) is 1.68. The number of rotatable bonds is 4. The van der Waals surface area contributed by atoms with Gasteiger partial charge in [-0.2, -0.15) is 16.4 Å². The van der Waals surface area contributed by atoms with Crippen LogP contribution in [0.15, 0.2) is 39.7 Å². The third-order valence-corrected chi connectivity index (χ3v) is 2.74. The third kappa shape index (κ3) is 6.33. The summed E-state index contributed by atoms with van der Waals surface area (Å²) in [4.78, 5) is 0. The first-order valence-electron chi connectivity index (χ1n) is 3.95. The molecule has 1 aromatic rings. The average molecular weight is 262 g/mol. The highest BCUT2D eigenvalue weighted by molar-refractivity contribution is 8.13. The Kier molecular flexibility index (Phi) is 8.08. The van der Waals surface area contributed by atoms with Gasteiger partial charge in [0.2, 0.25) is 0 Å². The van der Waals surface area contributed by atoms with Crippen LogP contribution in [0.25, 0.3) is 0 Å². The molecule has 0 aliphatic rings. The molecule has 1 aromatic heterocycles. The zero-order valence-electron chi connectivity index (χ0n) is 8.00. The van der Waals surface area contributed by atoms with E-state index >= 15 is 0 Å². The van der Waals surface area contributed by atoms with Crippen LogP contribution in [0.4, 0.5) is 0 Å². The Morgan fingerprint density at radius 2 is 2.47 bits per heavy atom. The lowest BCUT2D eigenvalue weighted by Crippen LogP contribution is -2.05. The van der Waals surface area contributed by atoms with Gasteiger partial charge in [0.25, 0.3) is 0 Å². The van der Waals surface area contributed by atoms with Crippen LogP contribution >= 0.6 is 35.5 Å². The topological polar surface area (TPSA) is 50.7 Å². The molecule has 0 unspecified atom stereocenters. The summed E-state index contributed by atoms with van der Waals surface area (Å²) in [5.74, 6) is 0.753. The number of nitrogens with zero attached hydrogens (tertiary/aromatic N) is 2. The second kappa shape index (κ2) is 8.52. The molecule has 15 heavy (non-hydrogen) atoms. The molecule has 0 bridgehead atoms. The van der Waals surface area contributed by atoms with Gasteiger partial charge in [0.15, 0.2) is 5.17 Å². The van der Waals surface area contributed by atoms with Crippen LogP contribution in [0, 0.1) is 0 Å². The summed E-state index contributed by atoms with van der Waals surface area (Å²) >= 11 is 3.04. The van der Waals surface area contributed by atoms with E-state index in [4.69, 9.17) is 5.73 Å². The third-order valence-electron chi connectivity index (χ3n) is 1.26. The molecule has 1 rings (SSSR count). The second-order valence-corrected chi connectivity index (χ2v) is 4.16. The van der Waals surface area contributed by atoms with E-state index in [1.54, 1.807) is 23.6 Å². The molecule has 0 aliphatic carbocycles. The molecule has 0 saturated heterocycles. The average Bonchev–Trinajstić information content (AvgIpc) is 2.67. The van der Waals surface area contributed by atoms with Crippen LogP contribution in [-0.4, -0.2) is 17.1 Å². The van der Waals surface area contributed by atoms with Gasteiger partial charge in [-0.05, 0) is 16.8 Å². The van der Waals surface area contributed by atoms with E-state index in [0.717, 1.165) is 11.3 Å². The molecular formula is C9H12ClN3S2. The Labute approximate surface area is 104 Å². The lowest BCUT2D eigenvalue weighted by atomic mass is 10.4. The van der Waals surface area contributed by atoms with Crippen LogP contribution in [-0.2, 0) is 0 Å². The normalized spacial score (nSPS) is 11.3. The predicted octanol–water partition coefficient (Wildman–Crippen LogP) is 2.74. The van der Waals surface area contributed by atoms with Gasteiger partial charge in [0.1, 0.15) is 0 Å². The van der Waals surface area contributed by atoms with Gasteiger partial charge in [0.05, 0.1) is 6.21 Å². The van der Waals surface area contributed by atoms with Crippen molar-refractivity contribution < 1.29 is 0 Å². The predicted molar refractivity (Wildman–Crippen MR) is 73.4 cm³/mol. The molecule has 3 nitrogen and oxygen atoms in total. The summed E-state index contributed by atoms with van der Waals surface area (Å²) in [6.07, 6.45) is 3.45. The van der Waals surface area contributed by atoms with Crippen molar-refractivity contribution in [1.82, 2.24) is 0 Å². The maximum Gasteiger partial charge on any atom is 0.180 e. The van der Waals surface area contributed by atoms with Crippen molar-refractivity contribution in [2.24, 2.45) is 15.9 Å². The Bertz CT molecular complexity index is 333. The Morgan fingerprint density at radius 3 is 3.07 bits per heavy atom. The van der Waals surface area contributed by atoms with E-state index in [9.17, 15) is 0 Å². The van der Waals surface area contributed by atoms with Gasteiger partial charge in [-0.25, -0.2) is 0 Å². The van der Waals surface area contributed by atoms with E-state index in [1.807, 2.05) is 16.8 Å². The standard InChI is InChI=1S/C9H11N3S2.ClH/c1-2-4-14-9(10)12-11-6-8-3-5-13-7-8;/h2-3,5-7H,1,4H2,(H2,10,12);1H/b11-6+;. The smallest absolute Gasteiger partial charge is 0.180 e. The molecule has 6 heteroatoms. The van der Waals surface area contributed by atoms with Gasteiger partial charge in [-0.15, -0.1) is 24.1 Å². The van der Waals surface area contributed by atoms with Crippen LogP contribution in [0.2, 0.25) is 0 Å². The monoisotopic (exact) mass is 261 g/mol. The van der Waals surface area contributed by atoms with Gasteiger partial charge < -0.3 is 5.73 Å². The molecular weight excluding hydrogens is 250 g/mol. The van der Waals surface area contributed by atoms with Crippen LogP contribution < -0.4 is 5.73 Å². The number of halogens is 1. The zero-order chi connectivity index (χ0) is 10.2. The molecule has 0 spiro atoms. The van der Waals surface area contributed by atoms with E-state index in [-0.39, 0.29) is 12.4 Å². The van der Waals surface area contributed by atoms with Crippen molar-refractivity contribution in [2.45, 2.75) is 0 Å². The van der Waals surface area contributed by atoms with E-state index in [1.165, 1.54) is 11.8 Å². The number of amidine groups is 1. The summed E-state index contributed by atoms with van der Waals surface area (Å²) < 4.78 is 0. The minimum Gasteiger partial charge on any atom is -0.377 e. The largest absolute Gasteiger partial charge is 0.377 e. The summed E-state index contributed by atoms with van der Waals surface area (Å²) in [7, 11) is 0. The molecule has 0 aromatic carbocycles. The summed E-state index contributed by atoms with van der Waals surface area (Å²) in [6.45, 7) is 3.59. The number of thiophene rings is 1. The SMILES string of the molecule is C=CCSC(N)=N/N=C/c1ccsc1.Cl. The van der Waals surface area contributed by atoms with Gasteiger partial charge >= 0.3 is 0 Å². The van der Waals surface area contributed by atoms with Crippen LogP contribution in [0.1, 0.15) is 5.56 Å². The fourth-order valence-electron chi connectivity index (χ4n) is 0.674. The summed E-state index contributed by atoms with van der Waals surface area (Å²) in [6, 6.07) is 1.97. The summed E-state index contributed by atoms with van der Waals surface area (Å²) in [5, 5.41) is 12.1. The highest BCUT2D eigenvalue weighted by Gasteiger charge is 1.89. The van der Waals surface area contributed by atoms with Crippen molar-refractivity contribution in [3.63, 3.8) is 0 Å². The molecule has 1 heterocycles. The quantitative estimate of drug-likeness (QED) is 0.392. The zero-order valence-corrected chi connectivity index (χ0v) is 10.4. The molecule has 2 N–H and O–H groups in total. The van der Waals surface area contributed by atoms with Crippen LogP contribution in [0.5, 0.6) is 0 Å². The number of nitrogens with two attached hydrogens (primary N) is 1. The molecule has 0 amide bonds.